The Morgan fingerprint density at radius 3 is 2.84 bits per heavy atom. The van der Waals surface area contributed by atoms with E-state index in [2.05, 4.69) is 26.1 Å². The molecule has 0 aliphatic carbocycles. The van der Waals surface area contributed by atoms with Crippen molar-refractivity contribution < 1.29 is 0 Å². The van der Waals surface area contributed by atoms with E-state index in [9.17, 15) is 0 Å². The number of hydrogen-bond acceptors (Lipinski definition) is 3. The summed E-state index contributed by atoms with van der Waals surface area (Å²) in [6.45, 7) is 4.10. The highest BCUT2D eigenvalue weighted by molar-refractivity contribution is 6.31. The van der Waals surface area contributed by atoms with Crippen molar-refractivity contribution in [3.63, 3.8) is 0 Å². The summed E-state index contributed by atoms with van der Waals surface area (Å²) in [4.78, 5) is 0. The highest BCUT2D eigenvalue weighted by atomic mass is 35.5. The van der Waals surface area contributed by atoms with Crippen LogP contribution in [0.15, 0.2) is 24.5 Å². The molecule has 0 amide bonds. The Balaban J connectivity index is 1.96. The van der Waals surface area contributed by atoms with Crippen LogP contribution in [0.4, 0.5) is 0 Å². The summed E-state index contributed by atoms with van der Waals surface area (Å²) < 4.78 is 2.06. The van der Waals surface area contributed by atoms with E-state index in [0.29, 0.717) is 5.92 Å². The van der Waals surface area contributed by atoms with E-state index in [0.717, 1.165) is 48.0 Å². The number of hydrogen-bond donors (Lipinski definition) is 1. The van der Waals surface area contributed by atoms with Gasteiger partial charge in [-0.1, -0.05) is 17.7 Å². The first-order valence-electron chi connectivity index (χ1n) is 6.63. The number of halogens is 1. The first-order valence-corrected chi connectivity index (χ1v) is 7.00. The highest BCUT2D eigenvalue weighted by Gasteiger charge is 2.21. The molecule has 1 fully saturated rings. The van der Waals surface area contributed by atoms with Crippen molar-refractivity contribution in [3.05, 3.63) is 40.9 Å². The monoisotopic (exact) mass is 276 g/mol. The Labute approximate surface area is 117 Å². The van der Waals surface area contributed by atoms with Crippen LogP contribution in [0.1, 0.15) is 30.1 Å². The predicted octanol–water partition coefficient (Wildman–Crippen LogP) is 2.70. The summed E-state index contributed by atoms with van der Waals surface area (Å²) >= 11 is 6.20. The summed E-state index contributed by atoms with van der Waals surface area (Å²) in [6.07, 6.45) is 3.99. The van der Waals surface area contributed by atoms with E-state index in [1.54, 1.807) is 6.33 Å². The van der Waals surface area contributed by atoms with Crippen LogP contribution in [-0.4, -0.2) is 27.9 Å². The van der Waals surface area contributed by atoms with Gasteiger partial charge in [-0.15, -0.1) is 10.2 Å². The minimum Gasteiger partial charge on any atom is -0.317 e. The lowest BCUT2D eigenvalue weighted by atomic mass is 9.97. The van der Waals surface area contributed by atoms with E-state index >= 15 is 0 Å². The van der Waals surface area contributed by atoms with Crippen LogP contribution in [0, 0.1) is 6.92 Å². The third kappa shape index (κ3) is 2.51. The molecule has 100 valence electrons. The maximum absolute atomic E-state index is 6.20. The largest absolute Gasteiger partial charge is 0.317 e. The van der Waals surface area contributed by atoms with Gasteiger partial charge in [0, 0.05) is 16.6 Å². The Bertz CT molecular complexity index is 573. The SMILES string of the molecule is Cc1ccc(-n2cnnc2C2CCNCC2)cc1Cl. The van der Waals surface area contributed by atoms with Crippen LogP contribution >= 0.6 is 11.6 Å². The second-order valence-corrected chi connectivity index (χ2v) is 5.42. The van der Waals surface area contributed by atoms with Gasteiger partial charge >= 0.3 is 0 Å². The fourth-order valence-electron chi connectivity index (χ4n) is 2.53. The summed E-state index contributed by atoms with van der Waals surface area (Å²) in [5, 5.41) is 12.5. The van der Waals surface area contributed by atoms with Crippen LogP contribution < -0.4 is 5.32 Å². The summed E-state index contributed by atoms with van der Waals surface area (Å²) in [5.74, 6) is 1.52. The molecular formula is C14H17ClN4. The molecule has 0 unspecified atom stereocenters. The second kappa shape index (κ2) is 5.31. The number of aromatic nitrogens is 3. The molecule has 0 atom stereocenters. The molecular weight excluding hydrogens is 260 g/mol. The first kappa shape index (κ1) is 12.6. The smallest absolute Gasteiger partial charge is 0.140 e. The average molecular weight is 277 g/mol. The minimum atomic E-state index is 0.476. The lowest BCUT2D eigenvalue weighted by molar-refractivity contribution is 0.440. The first-order chi connectivity index (χ1) is 9.25. The number of nitrogens with one attached hydrogen (secondary N) is 1. The Kier molecular flexibility index (Phi) is 3.53. The molecule has 1 aliphatic rings. The second-order valence-electron chi connectivity index (χ2n) is 5.02. The molecule has 3 rings (SSSR count). The van der Waals surface area contributed by atoms with E-state index in [4.69, 9.17) is 11.6 Å². The van der Waals surface area contributed by atoms with E-state index in [1.165, 1.54) is 0 Å². The maximum Gasteiger partial charge on any atom is 0.140 e. The van der Waals surface area contributed by atoms with Crippen molar-refractivity contribution in [1.82, 2.24) is 20.1 Å². The lowest BCUT2D eigenvalue weighted by Gasteiger charge is -2.22. The molecule has 0 saturated carbocycles. The number of piperidine rings is 1. The van der Waals surface area contributed by atoms with Crippen molar-refractivity contribution in [2.45, 2.75) is 25.7 Å². The van der Waals surface area contributed by atoms with Gasteiger partial charge in [0.15, 0.2) is 0 Å². The Morgan fingerprint density at radius 1 is 1.32 bits per heavy atom. The molecule has 4 nitrogen and oxygen atoms in total. The van der Waals surface area contributed by atoms with Gasteiger partial charge in [-0.3, -0.25) is 4.57 Å². The van der Waals surface area contributed by atoms with Crippen molar-refractivity contribution in [3.8, 4) is 5.69 Å². The van der Waals surface area contributed by atoms with Crippen molar-refractivity contribution in [1.29, 1.82) is 0 Å². The topological polar surface area (TPSA) is 42.7 Å². The van der Waals surface area contributed by atoms with E-state index < -0.39 is 0 Å². The molecule has 1 aromatic carbocycles. The number of aryl methyl sites for hydroxylation is 1. The highest BCUT2D eigenvalue weighted by Crippen LogP contribution is 2.27. The predicted molar refractivity (Wildman–Crippen MR) is 76.0 cm³/mol. The van der Waals surface area contributed by atoms with Gasteiger partial charge in [0.25, 0.3) is 0 Å². The summed E-state index contributed by atoms with van der Waals surface area (Å²) in [5.41, 5.74) is 2.12. The van der Waals surface area contributed by atoms with Crippen LogP contribution in [0.3, 0.4) is 0 Å². The van der Waals surface area contributed by atoms with Crippen LogP contribution in [0.5, 0.6) is 0 Å². The van der Waals surface area contributed by atoms with Gasteiger partial charge in [-0.25, -0.2) is 0 Å². The number of nitrogens with zero attached hydrogens (tertiary/aromatic N) is 3. The van der Waals surface area contributed by atoms with Gasteiger partial charge in [0.2, 0.25) is 0 Å². The van der Waals surface area contributed by atoms with Gasteiger partial charge in [0.1, 0.15) is 12.2 Å². The van der Waals surface area contributed by atoms with E-state index in [-0.39, 0.29) is 0 Å². The molecule has 1 aromatic heterocycles. The normalized spacial score (nSPS) is 16.7. The molecule has 2 aromatic rings. The van der Waals surface area contributed by atoms with Gasteiger partial charge in [-0.05, 0) is 50.6 Å². The third-order valence-electron chi connectivity index (χ3n) is 3.71. The van der Waals surface area contributed by atoms with Gasteiger partial charge < -0.3 is 5.32 Å². The molecule has 19 heavy (non-hydrogen) atoms. The average Bonchev–Trinajstić information content (AvgIpc) is 2.92. The number of rotatable bonds is 2. The molecule has 0 bridgehead atoms. The van der Waals surface area contributed by atoms with Crippen LogP contribution in [0.2, 0.25) is 5.02 Å². The fraction of sp³-hybridized carbons (Fsp3) is 0.429. The summed E-state index contributed by atoms with van der Waals surface area (Å²) in [7, 11) is 0. The van der Waals surface area contributed by atoms with Crippen molar-refractivity contribution >= 4 is 11.6 Å². The quantitative estimate of drug-likeness (QED) is 0.917. The standard InChI is InChI=1S/C14H17ClN4/c1-10-2-3-12(8-13(10)15)19-9-17-18-14(19)11-4-6-16-7-5-11/h2-3,8-9,11,16H,4-7H2,1H3. The lowest BCUT2D eigenvalue weighted by Crippen LogP contribution is -2.28. The zero-order valence-corrected chi connectivity index (χ0v) is 11.7. The van der Waals surface area contributed by atoms with Gasteiger partial charge in [0.05, 0.1) is 0 Å². The zero-order valence-electron chi connectivity index (χ0n) is 10.9. The summed E-state index contributed by atoms with van der Waals surface area (Å²) in [6, 6.07) is 6.07. The van der Waals surface area contributed by atoms with Crippen molar-refractivity contribution in [2.75, 3.05) is 13.1 Å². The molecule has 5 heteroatoms. The van der Waals surface area contributed by atoms with E-state index in [1.807, 2.05) is 19.1 Å². The van der Waals surface area contributed by atoms with Crippen molar-refractivity contribution in [2.24, 2.45) is 0 Å². The molecule has 1 saturated heterocycles. The third-order valence-corrected chi connectivity index (χ3v) is 4.12. The van der Waals surface area contributed by atoms with Crippen LogP contribution in [0.25, 0.3) is 5.69 Å². The van der Waals surface area contributed by atoms with Gasteiger partial charge in [-0.2, -0.15) is 0 Å². The molecule has 1 aliphatic heterocycles. The number of benzene rings is 1. The minimum absolute atomic E-state index is 0.476. The van der Waals surface area contributed by atoms with Crippen LogP contribution in [-0.2, 0) is 0 Å². The molecule has 0 radical (unpaired) electrons. The molecule has 1 N–H and O–H groups in total. The molecule has 0 spiro atoms. The Hall–Kier alpha value is -1.39. The zero-order chi connectivity index (χ0) is 13.2. The maximum atomic E-state index is 6.20. The fourth-order valence-corrected chi connectivity index (χ4v) is 2.71. The molecule has 2 heterocycles. The Morgan fingerprint density at radius 2 is 2.11 bits per heavy atom.